The molecule has 0 atom stereocenters. The third-order valence-electron chi connectivity index (χ3n) is 2.01. The van der Waals surface area contributed by atoms with Crippen LogP contribution in [0.15, 0.2) is 29.6 Å². The van der Waals surface area contributed by atoms with Gasteiger partial charge in [0, 0.05) is 6.08 Å². The maximum Gasteiger partial charge on any atom is 0.188 e. The molecule has 0 bridgehead atoms. The van der Waals surface area contributed by atoms with Crippen LogP contribution in [-0.2, 0) is 6.42 Å². The minimum atomic E-state index is -0.738. The first-order valence-electron chi connectivity index (χ1n) is 4.86. The minimum absolute atomic E-state index is 0.155. The highest BCUT2D eigenvalue weighted by molar-refractivity contribution is 6.28. The molecule has 0 saturated heterocycles. The molecule has 15 heavy (non-hydrogen) atoms. The molecule has 0 heterocycles. The Labute approximate surface area is 94.5 Å². The van der Waals surface area contributed by atoms with Crippen LogP contribution >= 0.6 is 11.6 Å². The Bertz CT molecular complexity index is 357. The smallest absolute Gasteiger partial charge is 0.188 e. The van der Waals surface area contributed by atoms with Gasteiger partial charge in [-0.05, 0) is 36.6 Å². The first-order chi connectivity index (χ1) is 7.11. The first-order valence-corrected chi connectivity index (χ1v) is 5.24. The van der Waals surface area contributed by atoms with Crippen molar-refractivity contribution in [1.29, 1.82) is 0 Å². The van der Waals surface area contributed by atoms with Gasteiger partial charge in [0.25, 0.3) is 0 Å². The molecule has 1 aromatic rings. The zero-order valence-electron chi connectivity index (χ0n) is 8.89. The normalized spacial score (nSPS) is 11.6. The summed E-state index contributed by atoms with van der Waals surface area (Å²) >= 11 is 5.05. The number of ether oxygens (including phenoxy) is 1. The van der Waals surface area contributed by atoms with Crippen molar-refractivity contribution in [2.75, 3.05) is 6.61 Å². The summed E-state index contributed by atoms with van der Waals surface area (Å²) in [5.74, 6) is 0.751. The van der Waals surface area contributed by atoms with Crippen molar-refractivity contribution in [3.05, 3.63) is 40.7 Å². The van der Waals surface area contributed by atoms with Gasteiger partial charge in [-0.25, -0.2) is 0 Å². The Morgan fingerprint density at radius 2 is 2.20 bits per heavy atom. The van der Waals surface area contributed by atoms with E-state index in [-0.39, 0.29) is 6.61 Å². The summed E-state index contributed by atoms with van der Waals surface area (Å²) in [6.07, 6.45) is 2.15. The van der Waals surface area contributed by atoms with Crippen LogP contribution in [0.1, 0.15) is 18.1 Å². The maximum atomic E-state index is 12.2. The standard InChI is InChI=1S/C12H14ClFO/c1-3-10-6-9(2)7-11(8-10)15-5-4-12(13)14/h4,6-8H,3,5H2,1-2H3. The molecule has 0 unspecified atom stereocenters. The first kappa shape index (κ1) is 12.1. The third-order valence-corrected chi connectivity index (χ3v) is 2.16. The second-order valence-corrected chi connectivity index (χ2v) is 3.67. The average Bonchev–Trinajstić information content (AvgIpc) is 2.16. The third kappa shape index (κ3) is 4.34. The van der Waals surface area contributed by atoms with E-state index in [2.05, 4.69) is 13.0 Å². The topological polar surface area (TPSA) is 9.23 Å². The average molecular weight is 229 g/mol. The van der Waals surface area contributed by atoms with E-state index in [0.717, 1.165) is 17.7 Å². The van der Waals surface area contributed by atoms with Gasteiger partial charge in [-0.3, -0.25) is 0 Å². The zero-order chi connectivity index (χ0) is 11.3. The summed E-state index contributed by atoms with van der Waals surface area (Å²) in [4.78, 5) is 0. The van der Waals surface area contributed by atoms with Crippen molar-refractivity contribution in [1.82, 2.24) is 0 Å². The predicted octanol–water partition coefficient (Wildman–Crippen LogP) is 3.99. The molecule has 0 spiro atoms. The van der Waals surface area contributed by atoms with Gasteiger partial charge in [0.05, 0.1) is 0 Å². The highest BCUT2D eigenvalue weighted by atomic mass is 35.5. The van der Waals surface area contributed by atoms with Gasteiger partial charge in [-0.15, -0.1) is 0 Å². The summed E-state index contributed by atoms with van der Waals surface area (Å²) in [5.41, 5.74) is 2.35. The lowest BCUT2D eigenvalue weighted by Crippen LogP contribution is -1.95. The Morgan fingerprint density at radius 3 is 2.80 bits per heavy atom. The fourth-order valence-corrected chi connectivity index (χ4v) is 1.38. The van der Waals surface area contributed by atoms with Gasteiger partial charge in [-0.1, -0.05) is 24.6 Å². The summed E-state index contributed by atoms with van der Waals surface area (Å²) < 4.78 is 17.5. The van der Waals surface area contributed by atoms with Crippen molar-refractivity contribution in [2.45, 2.75) is 20.3 Å². The lowest BCUT2D eigenvalue weighted by atomic mass is 10.1. The summed E-state index contributed by atoms with van der Waals surface area (Å²) in [6, 6.07) is 5.97. The largest absolute Gasteiger partial charge is 0.489 e. The van der Waals surface area contributed by atoms with Crippen LogP contribution in [0.3, 0.4) is 0 Å². The molecule has 0 aliphatic heterocycles. The molecule has 0 amide bonds. The van der Waals surface area contributed by atoms with Crippen LogP contribution in [0.5, 0.6) is 5.75 Å². The van der Waals surface area contributed by atoms with Crippen molar-refractivity contribution >= 4 is 11.6 Å². The van der Waals surface area contributed by atoms with E-state index in [4.69, 9.17) is 16.3 Å². The minimum Gasteiger partial charge on any atom is -0.489 e. The molecule has 0 aromatic heterocycles. The van der Waals surface area contributed by atoms with Gasteiger partial charge < -0.3 is 4.74 Å². The van der Waals surface area contributed by atoms with E-state index < -0.39 is 5.29 Å². The zero-order valence-corrected chi connectivity index (χ0v) is 9.64. The van der Waals surface area contributed by atoms with E-state index in [1.165, 1.54) is 11.6 Å². The summed E-state index contributed by atoms with van der Waals surface area (Å²) in [7, 11) is 0. The fourth-order valence-electron chi connectivity index (χ4n) is 1.31. The van der Waals surface area contributed by atoms with E-state index in [0.29, 0.717) is 0 Å². The molecule has 0 N–H and O–H groups in total. The fraction of sp³-hybridized carbons (Fsp3) is 0.333. The number of aryl methyl sites for hydroxylation is 2. The van der Waals surface area contributed by atoms with Crippen molar-refractivity contribution in [2.24, 2.45) is 0 Å². The van der Waals surface area contributed by atoms with Gasteiger partial charge in [0.2, 0.25) is 0 Å². The quantitative estimate of drug-likeness (QED) is 0.757. The molecule has 0 saturated carbocycles. The molecule has 0 fully saturated rings. The van der Waals surface area contributed by atoms with Crippen LogP contribution in [0, 0.1) is 6.92 Å². The Hall–Kier alpha value is -1.02. The van der Waals surface area contributed by atoms with Crippen LogP contribution in [0.4, 0.5) is 4.39 Å². The van der Waals surface area contributed by atoms with Crippen LogP contribution < -0.4 is 4.74 Å². The van der Waals surface area contributed by atoms with Crippen LogP contribution in [0.2, 0.25) is 0 Å². The Kier molecular flexibility index (Phi) is 4.63. The second-order valence-electron chi connectivity index (χ2n) is 3.31. The molecule has 1 aromatic carbocycles. The lowest BCUT2D eigenvalue weighted by Gasteiger charge is -2.06. The van der Waals surface area contributed by atoms with E-state index in [9.17, 15) is 4.39 Å². The summed E-state index contributed by atoms with van der Waals surface area (Å²) in [5, 5.41) is -0.738. The molecule has 1 rings (SSSR count). The molecule has 1 nitrogen and oxygen atoms in total. The highest BCUT2D eigenvalue weighted by Crippen LogP contribution is 2.17. The maximum absolute atomic E-state index is 12.2. The van der Waals surface area contributed by atoms with Gasteiger partial charge in [0.15, 0.2) is 5.29 Å². The Morgan fingerprint density at radius 1 is 1.47 bits per heavy atom. The number of hydrogen-bond donors (Lipinski definition) is 0. The molecule has 0 radical (unpaired) electrons. The van der Waals surface area contributed by atoms with Crippen LogP contribution in [0.25, 0.3) is 0 Å². The van der Waals surface area contributed by atoms with Gasteiger partial charge in [-0.2, -0.15) is 4.39 Å². The lowest BCUT2D eigenvalue weighted by molar-refractivity contribution is 0.360. The number of halogens is 2. The molecule has 82 valence electrons. The highest BCUT2D eigenvalue weighted by Gasteiger charge is 1.97. The van der Waals surface area contributed by atoms with E-state index >= 15 is 0 Å². The number of hydrogen-bond acceptors (Lipinski definition) is 1. The Balaban J connectivity index is 2.68. The predicted molar refractivity (Wildman–Crippen MR) is 61.1 cm³/mol. The molecular weight excluding hydrogens is 215 g/mol. The van der Waals surface area contributed by atoms with Crippen molar-refractivity contribution in [3.63, 3.8) is 0 Å². The molecule has 0 aliphatic rings. The second kappa shape index (κ2) is 5.76. The summed E-state index contributed by atoms with van der Waals surface area (Å²) in [6.45, 7) is 4.24. The van der Waals surface area contributed by atoms with Gasteiger partial charge >= 0.3 is 0 Å². The van der Waals surface area contributed by atoms with Crippen molar-refractivity contribution < 1.29 is 9.13 Å². The SMILES string of the molecule is CCc1cc(C)cc(OCC=C(F)Cl)c1. The molecule has 3 heteroatoms. The van der Waals surface area contributed by atoms with Crippen LogP contribution in [-0.4, -0.2) is 6.61 Å². The number of rotatable bonds is 4. The van der Waals surface area contributed by atoms with E-state index in [1.807, 2.05) is 19.1 Å². The van der Waals surface area contributed by atoms with Crippen molar-refractivity contribution in [3.8, 4) is 5.75 Å². The van der Waals surface area contributed by atoms with Gasteiger partial charge in [0.1, 0.15) is 12.4 Å². The monoisotopic (exact) mass is 228 g/mol. The number of benzene rings is 1. The molecule has 0 aliphatic carbocycles. The molecular formula is C12H14ClFO. The van der Waals surface area contributed by atoms with E-state index in [1.54, 1.807) is 0 Å².